The number of aromatic nitrogens is 2. The molecule has 0 radical (unpaired) electrons. The SMILES string of the molecule is Cl.Cl.O=C1CCCN1c1cccc(OCCCN(CCn2ccc3ccccc3c2=O)Cc2ccncc2)c1. The van der Waals surface area contributed by atoms with Gasteiger partial charge in [0.1, 0.15) is 5.75 Å². The molecule has 0 bridgehead atoms. The number of rotatable bonds is 11. The minimum Gasteiger partial charge on any atom is -0.493 e. The van der Waals surface area contributed by atoms with Crippen LogP contribution in [0.2, 0.25) is 0 Å². The van der Waals surface area contributed by atoms with Crippen LogP contribution in [0.1, 0.15) is 24.8 Å². The average Bonchev–Trinajstić information content (AvgIpc) is 3.37. The minimum absolute atomic E-state index is 0. The Labute approximate surface area is 241 Å². The monoisotopic (exact) mass is 568 g/mol. The lowest BCUT2D eigenvalue weighted by Gasteiger charge is -2.23. The maximum Gasteiger partial charge on any atom is 0.258 e. The third-order valence-corrected chi connectivity index (χ3v) is 6.79. The van der Waals surface area contributed by atoms with E-state index in [0.717, 1.165) is 61.2 Å². The van der Waals surface area contributed by atoms with Crippen LogP contribution in [0, 0.1) is 0 Å². The number of benzene rings is 2. The molecule has 1 fully saturated rings. The van der Waals surface area contributed by atoms with Gasteiger partial charge in [-0.1, -0.05) is 24.3 Å². The minimum atomic E-state index is 0. The van der Waals surface area contributed by atoms with Crippen LogP contribution >= 0.6 is 24.8 Å². The summed E-state index contributed by atoms with van der Waals surface area (Å²) in [5, 5.41) is 1.71. The van der Waals surface area contributed by atoms with Gasteiger partial charge in [0.25, 0.3) is 5.56 Å². The topological polar surface area (TPSA) is 67.7 Å². The van der Waals surface area contributed by atoms with Gasteiger partial charge < -0.3 is 14.2 Å². The highest BCUT2D eigenvalue weighted by Gasteiger charge is 2.21. The highest BCUT2D eigenvalue weighted by Crippen LogP contribution is 2.25. The number of ether oxygens (including phenoxy) is 1. The van der Waals surface area contributed by atoms with Crippen LogP contribution in [-0.4, -0.2) is 46.6 Å². The van der Waals surface area contributed by atoms with E-state index in [4.69, 9.17) is 4.74 Å². The largest absolute Gasteiger partial charge is 0.493 e. The van der Waals surface area contributed by atoms with Crippen molar-refractivity contribution in [2.75, 3.05) is 31.1 Å². The average molecular weight is 570 g/mol. The molecule has 2 aromatic carbocycles. The second-order valence-corrected chi connectivity index (χ2v) is 9.38. The lowest BCUT2D eigenvalue weighted by Crippen LogP contribution is -2.32. The third kappa shape index (κ3) is 7.82. The van der Waals surface area contributed by atoms with E-state index >= 15 is 0 Å². The number of amides is 1. The van der Waals surface area contributed by atoms with Gasteiger partial charge in [-0.2, -0.15) is 0 Å². The Balaban J connectivity index is 0.00000210. The van der Waals surface area contributed by atoms with Gasteiger partial charge in [0, 0.05) is 74.9 Å². The Hall–Kier alpha value is -3.39. The molecule has 1 saturated heterocycles. The number of pyridine rings is 2. The Morgan fingerprint density at radius 1 is 0.923 bits per heavy atom. The van der Waals surface area contributed by atoms with Crippen LogP contribution in [0.25, 0.3) is 10.8 Å². The fraction of sp³-hybridized carbons (Fsp3) is 0.300. The fourth-order valence-corrected chi connectivity index (χ4v) is 4.81. The number of hydrogen-bond donors (Lipinski definition) is 0. The normalized spacial score (nSPS) is 12.8. The second-order valence-electron chi connectivity index (χ2n) is 9.38. The van der Waals surface area contributed by atoms with E-state index in [-0.39, 0.29) is 36.3 Å². The lowest BCUT2D eigenvalue weighted by molar-refractivity contribution is -0.117. The van der Waals surface area contributed by atoms with Gasteiger partial charge in [0.2, 0.25) is 5.91 Å². The van der Waals surface area contributed by atoms with E-state index in [0.29, 0.717) is 19.6 Å². The number of fused-ring (bicyclic) bond motifs is 1. The van der Waals surface area contributed by atoms with E-state index < -0.39 is 0 Å². The van der Waals surface area contributed by atoms with Crippen LogP contribution in [0.4, 0.5) is 5.69 Å². The van der Waals surface area contributed by atoms with Gasteiger partial charge in [-0.05, 0) is 60.2 Å². The molecule has 5 rings (SSSR count). The van der Waals surface area contributed by atoms with Crippen molar-refractivity contribution >= 4 is 47.2 Å². The van der Waals surface area contributed by atoms with Crippen LogP contribution in [0.15, 0.2) is 90.1 Å². The Morgan fingerprint density at radius 2 is 1.74 bits per heavy atom. The van der Waals surface area contributed by atoms with E-state index in [9.17, 15) is 9.59 Å². The molecule has 1 aliphatic rings. The third-order valence-electron chi connectivity index (χ3n) is 6.79. The summed E-state index contributed by atoms with van der Waals surface area (Å²) in [4.78, 5) is 33.3. The Kier molecular flexibility index (Phi) is 11.3. The Morgan fingerprint density at radius 3 is 2.54 bits per heavy atom. The fourth-order valence-electron chi connectivity index (χ4n) is 4.81. The van der Waals surface area contributed by atoms with E-state index in [2.05, 4.69) is 9.88 Å². The smallest absolute Gasteiger partial charge is 0.258 e. The summed E-state index contributed by atoms with van der Waals surface area (Å²) in [6, 6.07) is 21.5. The first-order valence-electron chi connectivity index (χ1n) is 12.9. The number of halogens is 2. The maximum atomic E-state index is 13.0. The summed E-state index contributed by atoms with van der Waals surface area (Å²) in [6.07, 6.45) is 7.86. The predicted molar refractivity (Wildman–Crippen MR) is 160 cm³/mol. The van der Waals surface area contributed by atoms with Crippen molar-refractivity contribution in [3.8, 4) is 5.75 Å². The number of carbonyl (C=O) groups excluding carboxylic acids is 1. The van der Waals surface area contributed by atoms with E-state index in [1.54, 1.807) is 4.57 Å². The molecule has 7 nitrogen and oxygen atoms in total. The first kappa shape index (κ1) is 30.2. The van der Waals surface area contributed by atoms with Gasteiger partial charge in [0.05, 0.1) is 6.61 Å². The molecule has 0 N–H and O–H groups in total. The molecule has 1 amide bonds. The second kappa shape index (κ2) is 14.7. The summed E-state index contributed by atoms with van der Waals surface area (Å²) in [5.74, 6) is 0.954. The van der Waals surface area contributed by atoms with Crippen molar-refractivity contribution in [2.45, 2.75) is 32.4 Å². The quantitative estimate of drug-likeness (QED) is 0.228. The summed E-state index contributed by atoms with van der Waals surface area (Å²) < 4.78 is 7.84. The molecule has 206 valence electrons. The summed E-state index contributed by atoms with van der Waals surface area (Å²) in [6.45, 7) is 4.30. The molecule has 39 heavy (non-hydrogen) atoms. The van der Waals surface area contributed by atoms with E-state index in [1.807, 2.05) is 90.2 Å². The Bertz CT molecular complexity index is 1410. The van der Waals surface area contributed by atoms with Crippen LogP contribution < -0.4 is 15.2 Å². The standard InChI is InChI=1S/C30H32N4O3.2ClH/c35-29-10-4-17-34(29)26-7-3-8-27(22-26)37-21-5-16-32(23-24-11-14-31-15-12-24)19-20-33-18-13-25-6-1-2-9-28(25)30(33)36;;/h1-3,6-9,11-15,18,22H,4-5,10,16-17,19-21,23H2;2*1H. The number of nitrogens with zero attached hydrogens (tertiary/aromatic N) is 4. The zero-order chi connectivity index (χ0) is 25.5. The van der Waals surface area contributed by atoms with Gasteiger partial charge in [0.15, 0.2) is 0 Å². The van der Waals surface area contributed by atoms with Crippen molar-refractivity contribution in [1.29, 1.82) is 0 Å². The first-order chi connectivity index (χ1) is 18.2. The first-order valence-corrected chi connectivity index (χ1v) is 12.9. The van der Waals surface area contributed by atoms with Gasteiger partial charge >= 0.3 is 0 Å². The van der Waals surface area contributed by atoms with Crippen LogP contribution in [0.3, 0.4) is 0 Å². The van der Waals surface area contributed by atoms with Crippen molar-refractivity contribution in [2.24, 2.45) is 0 Å². The number of anilines is 1. The summed E-state index contributed by atoms with van der Waals surface area (Å²) >= 11 is 0. The molecule has 1 aliphatic heterocycles. The maximum absolute atomic E-state index is 13.0. The highest BCUT2D eigenvalue weighted by atomic mass is 35.5. The lowest BCUT2D eigenvalue weighted by atomic mass is 10.2. The molecule has 2 aromatic heterocycles. The molecule has 0 unspecified atom stereocenters. The molecule has 0 spiro atoms. The zero-order valence-corrected chi connectivity index (χ0v) is 23.4. The van der Waals surface area contributed by atoms with Crippen molar-refractivity contribution in [3.63, 3.8) is 0 Å². The zero-order valence-electron chi connectivity index (χ0n) is 21.8. The van der Waals surface area contributed by atoms with Gasteiger partial charge in [-0.25, -0.2) is 0 Å². The number of carbonyl (C=O) groups is 1. The van der Waals surface area contributed by atoms with Gasteiger partial charge in [-0.3, -0.25) is 19.5 Å². The summed E-state index contributed by atoms with van der Waals surface area (Å²) in [7, 11) is 0. The summed E-state index contributed by atoms with van der Waals surface area (Å²) in [5.41, 5.74) is 2.13. The molecular weight excluding hydrogens is 535 g/mol. The number of hydrogen-bond acceptors (Lipinski definition) is 5. The predicted octanol–water partition coefficient (Wildman–Crippen LogP) is 5.34. The van der Waals surface area contributed by atoms with Crippen molar-refractivity contribution in [3.05, 3.63) is 101 Å². The molecule has 4 aromatic rings. The van der Waals surface area contributed by atoms with Crippen LogP contribution in [-0.2, 0) is 17.9 Å². The van der Waals surface area contributed by atoms with Gasteiger partial charge in [-0.15, -0.1) is 24.8 Å². The van der Waals surface area contributed by atoms with Crippen LogP contribution in [0.5, 0.6) is 5.75 Å². The molecule has 0 atom stereocenters. The van der Waals surface area contributed by atoms with E-state index in [1.165, 1.54) is 5.56 Å². The molecule has 0 aliphatic carbocycles. The highest BCUT2D eigenvalue weighted by molar-refractivity contribution is 5.95. The van der Waals surface area contributed by atoms with Crippen molar-refractivity contribution in [1.82, 2.24) is 14.5 Å². The molecule has 0 saturated carbocycles. The molecular formula is C30H34Cl2N4O3. The molecule has 3 heterocycles. The molecule has 9 heteroatoms. The van der Waals surface area contributed by atoms with Crippen molar-refractivity contribution < 1.29 is 9.53 Å².